The van der Waals surface area contributed by atoms with E-state index in [-0.39, 0.29) is 18.1 Å². The Morgan fingerprint density at radius 1 is 1.05 bits per heavy atom. The van der Waals surface area contributed by atoms with Gasteiger partial charge in [0.1, 0.15) is 11.5 Å². The fraction of sp³-hybridized carbons (Fsp3) is 0.133. The molecular weight excluding hydrogens is 327 g/mol. The van der Waals surface area contributed by atoms with Gasteiger partial charge in [-0.15, -0.1) is 0 Å². The second-order valence-corrected chi connectivity index (χ2v) is 6.38. The maximum Gasteiger partial charge on any atom is 0.488 e. The highest BCUT2D eigenvalue weighted by Gasteiger charge is 2.39. The fourth-order valence-corrected chi connectivity index (χ4v) is 2.88. The van der Waals surface area contributed by atoms with E-state index in [9.17, 15) is 9.36 Å². The summed E-state index contributed by atoms with van der Waals surface area (Å²) in [6.07, 6.45) is 0. The third kappa shape index (κ3) is 4.34. The molecule has 2 aromatic rings. The van der Waals surface area contributed by atoms with Crippen molar-refractivity contribution >= 4 is 24.9 Å². The van der Waals surface area contributed by atoms with E-state index in [1.807, 2.05) is 0 Å². The van der Waals surface area contributed by atoms with Gasteiger partial charge >= 0.3 is 13.3 Å². The van der Waals surface area contributed by atoms with Crippen LogP contribution in [0.25, 0.3) is 0 Å². The third-order valence-electron chi connectivity index (χ3n) is 2.51. The van der Waals surface area contributed by atoms with Crippen molar-refractivity contribution < 1.29 is 23.1 Å². The number of carbonyl (C=O) groups excluding carboxylic acids is 1. The minimum absolute atomic E-state index is 0.0365. The van der Waals surface area contributed by atoms with Gasteiger partial charge in [0, 0.05) is 5.02 Å². The minimum Gasteiger partial charge on any atom is -0.417 e. The molecule has 0 N–H and O–H groups in total. The lowest BCUT2D eigenvalue weighted by Gasteiger charge is -2.17. The standard InChI is InChI=1S/C15H14ClO5P/c1-2-19-22(18,21-14-10-8-12(16)9-11-14)15(17)20-13-6-4-3-5-7-13/h3-11H,2H2,1H3. The van der Waals surface area contributed by atoms with Crippen molar-refractivity contribution in [1.29, 1.82) is 0 Å². The van der Waals surface area contributed by atoms with E-state index >= 15 is 0 Å². The second kappa shape index (κ2) is 7.45. The lowest BCUT2D eigenvalue weighted by molar-refractivity contribution is 0.205. The van der Waals surface area contributed by atoms with Gasteiger partial charge in [-0.25, -0.2) is 9.36 Å². The molecule has 0 aliphatic heterocycles. The first-order chi connectivity index (χ1) is 10.5. The van der Waals surface area contributed by atoms with Gasteiger partial charge in [-0.05, 0) is 43.3 Å². The number of hydrogen-bond donors (Lipinski definition) is 0. The summed E-state index contributed by atoms with van der Waals surface area (Å²) in [5.74, 6) is 0.457. The van der Waals surface area contributed by atoms with Gasteiger partial charge in [-0.1, -0.05) is 29.8 Å². The van der Waals surface area contributed by atoms with Gasteiger partial charge in [0.05, 0.1) is 6.61 Å². The van der Waals surface area contributed by atoms with E-state index in [4.69, 9.17) is 25.4 Å². The van der Waals surface area contributed by atoms with Crippen molar-refractivity contribution in [2.45, 2.75) is 6.92 Å². The Morgan fingerprint density at radius 3 is 2.27 bits per heavy atom. The van der Waals surface area contributed by atoms with Crippen molar-refractivity contribution in [2.24, 2.45) is 0 Å². The monoisotopic (exact) mass is 340 g/mol. The normalized spacial score (nSPS) is 13.2. The molecule has 22 heavy (non-hydrogen) atoms. The molecule has 1 unspecified atom stereocenters. The second-order valence-electron chi connectivity index (χ2n) is 4.14. The van der Waals surface area contributed by atoms with Crippen LogP contribution >= 0.6 is 19.2 Å². The summed E-state index contributed by atoms with van der Waals surface area (Å²) < 4.78 is 27.9. The molecule has 0 amide bonds. The molecule has 0 saturated heterocycles. The van der Waals surface area contributed by atoms with Crippen molar-refractivity contribution in [2.75, 3.05) is 6.61 Å². The number of carbonyl (C=O) groups is 1. The zero-order chi connectivity index (χ0) is 16.0. The van der Waals surface area contributed by atoms with Crippen LogP contribution in [-0.2, 0) is 9.09 Å². The van der Waals surface area contributed by atoms with Crippen molar-refractivity contribution in [3.8, 4) is 11.5 Å². The van der Waals surface area contributed by atoms with Crippen LogP contribution in [-0.4, -0.2) is 12.3 Å². The third-order valence-corrected chi connectivity index (χ3v) is 4.35. The lowest BCUT2D eigenvalue weighted by Crippen LogP contribution is -2.13. The van der Waals surface area contributed by atoms with Crippen LogP contribution in [0.15, 0.2) is 54.6 Å². The van der Waals surface area contributed by atoms with E-state index < -0.39 is 13.3 Å². The Kier molecular flexibility index (Phi) is 5.61. The topological polar surface area (TPSA) is 61.8 Å². The lowest BCUT2D eigenvalue weighted by atomic mass is 10.3. The van der Waals surface area contributed by atoms with Crippen LogP contribution in [0.2, 0.25) is 5.02 Å². The van der Waals surface area contributed by atoms with Crippen molar-refractivity contribution in [3.05, 3.63) is 59.6 Å². The Bertz CT molecular complexity index is 672. The number of ether oxygens (including phenoxy) is 1. The highest BCUT2D eigenvalue weighted by atomic mass is 35.5. The molecule has 0 spiro atoms. The van der Waals surface area contributed by atoms with Crippen LogP contribution < -0.4 is 9.26 Å². The largest absolute Gasteiger partial charge is 0.488 e. The van der Waals surface area contributed by atoms with E-state index in [0.29, 0.717) is 5.02 Å². The zero-order valence-corrected chi connectivity index (χ0v) is 13.4. The molecule has 2 aromatic carbocycles. The fourth-order valence-electron chi connectivity index (χ4n) is 1.57. The molecule has 2 rings (SSSR count). The predicted molar refractivity (Wildman–Crippen MR) is 83.8 cm³/mol. The summed E-state index contributed by atoms with van der Waals surface area (Å²) in [7, 11) is -4.12. The number of halogens is 1. The van der Waals surface area contributed by atoms with Crippen molar-refractivity contribution in [3.63, 3.8) is 0 Å². The number of para-hydroxylation sites is 1. The molecule has 0 radical (unpaired) electrons. The maximum atomic E-state index is 12.6. The zero-order valence-electron chi connectivity index (χ0n) is 11.8. The van der Waals surface area contributed by atoms with Gasteiger partial charge in [-0.3, -0.25) is 4.52 Å². The summed E-state index contributed by atoms with van der Waals surface area (Å²) in [5.41, 5.74) is -1.07. The van der Waals surface area contributed by atoms with Gasteiger partial charge in [0.25, 0.3) is 0 Å². The minimum atomic E-state index is -4.12. The molecule has 5 nitrogen and oxygen atoms in total. The van der Waals surface area contributed by atoms with Gasteiger partial charge in [0.15, 0.2) is 0 Å². The molecule has 1 atom stereocenters. The summed E-state index contributed by atoms with van der Waals surface area (Å²) in [6.45, 7) is 1.64. The average molecular weight is 341 g/mol. The highest BCUT2D eigenvalue weighted by molar-refractivity contribution is 7.71. The van der Waals surface area contributed by atoms with Gasteiger partial charge < -0.3 is 9.26 Å². The number of rotatable bonds is 6. The summed E-state index contributed by atoms with van der Waals surface area (Å²) >= 11 is 5.77. The van der Waals surface area contributed by atoms with E-state index in [0.717, 1.165) is 0 Å². The van der Waals surface area contributed by atoms with E-state index in [1.165, 1.54) is 12.1 Å². The Balaban J connectivity index is 2.17. The number of benzene rings is 2. The smallest absolute Gasteiger partial charge is 0.417 e. The van der Waals surface area contributed by atoms with Crippen LogP contribution in [0.1, 0.15) is 6.92 Å². The van der Waals surface area contributed by atoms with Crippen molar-refractivity contribution in [1.82, 2.24) is 0 Å². The molecule has 0 aliphatic carbocycles. The van der Waals surface area contributed by atoms with E-state index in [2.05, 4.69) is 0 Å². The van der Waals surface area contributed by atoms with Crippen LogP contribution in [0.5, 0.6) is 11.5 Å². The Labute approximate surface area is 133 Å². The van der Waals surface area contributed by atoms with Gasteiger partial charge in [-0.2, -0.15) is 0 Å². The van der Waals surface area contributed by atoms with Crippen LogP contribution in [0, 0.1) is 0 Å². The molecule has 116 valence electrons. The quantitative estimate of drug-likeness (QED) is 0.681. The molecule has 0 saturated carbocycles. The SMILES string of the molecule is CCOP(=O)(Oc1ccc(Cl)cc1)C(=O)Oc1ccccc1. The summed E-state index contributed by atoms with van der Waals surface area (Å²) in [6, 6.07) is 14.4. The molecule has 0 heterocycles. The molecule has 0 aromatic heterocycles. The first-order valence-electron chi connectivity index (χ1n) is 6.50. The Hall–Kier alpha value is -1.81. The molecule has 0 bridgehead atoms. The Morgan fingerprint density at radius 2 is 1.68 bits per heavy atom. The van der Waals surface area contributed by atoms with Crippen LogP contribution in [0.3, 0.4) is 0 Å². The van der Waals surface area contributed by atoms with Crippen LogP contribution in [0.4, 0.5) is 4.79 Å². The molecule has 0 aliphatic rings. The molecule has 0 fully saturated rings. The average Bonchev–Trinajstić information content (AvgIpc) is 2.51. The first-order valence-corrected chi connectivity index (χ1v) is 8.43. The summed E-state index contributed by atoms with van der Waals surface area (Å²) in [5, 5.41) is 0.491. The highest BCUT2D eigenvalue weighted by Crippen LogP contribution is 2.50. The summed E-state index contributed by atoms with van der Waals surface area (Å²) in [4.78, 5) is 12.1. The van der Waals surface area contributed by atoms with Gasteiger partial charge in [0.2, 0.25) is 0 Å². The predicted octanol–water partition coefficient (Wildman–Crippen LogP) is 5.15. The first kappa shape index (κ1) is 16.6. The number of hydrogen-bond acceptors (Lipinski definition) is 5. The molecular formula is C15H14ClO5P. The maximum absolute atomic E-state index is 12.6. The molecule has 7 heteroatoms. The van der Waals surface area contributed by atoms with E-state index in [1.54, 1.807) is 49.4 Å².